The molecule has 3 rings (SSSR count). The zero-order valence-electron chi connectivity index (χ0n) is 10.3. The van der Waals surface area contributed by atoms with Gasteiger partial charge in [-0.25, -0.2) is 0 Å². The van der Waals surface area contributed by atoms with Gasteiger partial charge in [0.2, 0.25) is 0 Å². The summed E-state index contributed by atoms with van der Waals surface area (Å²) < 4.78 is 0. The quantitative estimate of drug-likeness (QED) is 0.888. The van der Waals surface area contributed by atoms with Crippen LogP contribution in [0.2, 0.25) is 0 Å². The molecule has 0 spiro atoms. The third kappa shape index (κ3) is 2.39. The number of likely N-dealkylation sites (tertiary alicyclic amines) is 1. The molecule has 0 atom stereocenters. The van der Waals surface area contributed by atoms with E-state index in [1.165, 1.54) is 30.6 Å². The lowest BCUT2D eigenvalue weighted by molar-refractivity contribution is 0.172. The van der Waals surface area contributed by atoms with Crippen LogP contribution in [0.3, 0.4) is 0 Å². The molecule has 0 radical (unpaired) electrons. The highest BCUT2D eigenvalue weighted by Gasteiger charge is 2.13. The molecule has 0 saturated carbocycles. The van der Waals surface area contributed by atoms with Crippen LogP contribution >= 0.6 is 0 Å². The third-order valence-corrected chi connectivity index (χ3v) is 3.51. The van der Waals surface area contributed by atoms with E-state index in [-0.39, 0.29) is 0 Å². The molecule has 2 aromatic carbocycles. The first-order chi connectivity index (χ1) is 8.81. The highest BCUT2D eigenvalue weighted by molar-refractivity contribution is 5.64. The molecular weight excluding hydrogens is 222 g/mol. The third-order valence-electron chi connectivity index (χ3n) is 3.51. The number of phenols is 1. The predicted octanol–water partition coefficient (Wildman–Crippen LogP) is 3.26. The molecule has 0 bridgehead atoms. The average Bonchev–Trinajstić information content (AvgIpc) is 2.36. The number of phenolic OH excluding ortho intramolecular Hbond substituents is 1. The van der Waals surface area contributed by atoms with Gasteiger partial charge in [0.05, 0.1) is 0 Å². The van der Waals surface area contributed by atoms with Crippen LogP contribution in [0.1, 0.15) is 12.0 Å². The summed E-state index contributed by atoms with van der Waals surface area (Å²) in [5, 5.41) is 9.27. The second-order valence-corrected chi connectivity index (χ2v) is 4.87. The molecule has 2 aromatic rings. The molecular formula is C16H17NO. The number of hydrogen-bond acceptors (Lipinski definition) is 2. The Morgan fingerprint density at radius 3 is 1.89 bits per heavy atom. The Labute approximate surface area is 107 Å². The summed E-state index contributed by atoms with van der Waals surface area (Å²) in [4.78, 5) is 2.45. The summed E-state index contributed by atoms with van der Waals surface area (Å²) in [5.41, 5.74) is 3.71. The topological polar surface area (TPSA) is 23.5 Å². The van der Waals surface area contributed by atoms with Gasteiger partial charge in [0.25, 0.3) is 0 Å². The normalized spacial score (nSPS) is 15.3. The van der Waals surface area contributed by atoms with Gasteiger partial charge in [-0.05, 0) is 48.3 Å². The SMILES string of the molecule is Oc1ccc(-c2ccc(CN3CCC3)cc2)cc1. The van der Waals surface area contributed by atoms with Crippen molar-refractivity contribution in [2.45, 2.75) is 13.0 Å². The number of aromatic hydroxyl groups is 1. The van der Waals surface area contributed by atoms with Gasteiger partial charge in [-0.1, -0.05) is 36.4 Å². The summed E-state index contributed by atoms with van der Waals surface area (Å²) >= 11 is 0. The minimum absolute atomic E-state index is 0.313. The zero-order valence-corrected chi connectivity index (χ0v) is 10.3. The van der Waals surface area contributed by atoms with Gasteiger partial charge < -0.3 is 5.11 Å². The van der Waals surface area contributed by atoms with E-state index in [0.29, 0.717) is 5.75 Å². The van der Waals surface area contributed by atoms with Crippen molar-refractivity contribution in [3.05, 3.63) is 54.1 Å². The van der Waals surface area contributed by atoms with Crippen molar-refractivity contribution in [2.75, 3.05) is 13.1 Å². The number of rotatable bonds is 3. The summed E-state index contributed by atoms with van der Waals surface area (Å²) in [6.45, 7) is 3.54. The number of nitrogens with zero attached hydrogens (tertiary/aromatic N) is 1. The monoisotopic (exact) mass is 239 g/mol. The van der Waals surface area contributed by atoms with Crippen molar-refractivity contribution in [1.82, 2.24) is 4.90 Å². The molecule has 2 heteroatoms. The molecule has 0 amide bonds. The van der Waals surface area contributed by atoms with Gasteiger partial charge in [0.1, 0.15) is 5.75 Å². The van der Waals surface area contributed by atoms with Gasteiger partial charge in [-0.3, -0.25) is 4.90 Å². The van der Waals surface area contributed by atoms with Gasteiger partial charge >= 0.3 is 0 Å². The Morgan fingerprint density at radius 1 is 0.833 bits per heavy atom. The van der Waals surface area contributed by atoms with Crippen molar-refractivity contribution in [3.63, 3.8) is 0 Å². The summed E-state index contributed by atoms with van der Waals surface area (Å²) in [6, 6.07) is 16.0. The molecule has 1 aliphatic rings. The van der Waals surface area contributed by atoms with E-state index in [4.69, 9.17) is 0 Å². The smallest absolute Gasteiger partial charge is 0.115 e. The number of hydrogen-bond donors (Lipinski definition) is 1. The van der Waals surface area contributed by atoms with E-state index < -0.39 is 0 Å². The van der Waals surface area contributed by atoms with Crippen molar-refractivity contribution in [3.8, 4) is 16.9 Å². The van der Waals surface area contributed by atoms with E-state index >= 15 is 0 Å². The second kappa shape index (κ2) is 4.83. The minimum Gasteiger partial charge on any atom is -0.508 e. The number of benzene rings is 2. The van der Waals surface area contributed by atoms with E-state index in [2.05, 4.69) is 29.2 Å². The van der Waals surface area contributed by atoms with Gasteiger partial charge in [0, 0.05) is 6.54 Å². The molecule has 92 valence electrons. The first-order valence-electron chi connectivity index (χ1n) is 6.42. The van der Waals surface area contributed by atoms with E-state index in [9.17, 15) is 5.11 Å². The molecule has 1 saturated heterocycles. The fourth-order valence-corrected chi connectivity index (χ4v) is 2.25. The Bertz CT molecular complexity index is 512. The van der Waals surface area contributed by atoms with Crippen molar-refractivity contribution in [1.29, 1.82) is 0 Å². The molecule has 1 fully saturated rings. The van der Waals surface area contributed by atoms with Crippen LogP contribution in [0.5, 0.6) is 5.75 Å². The standard InChI is InChI=1S/C16H17NO/c18-16-8-6-15(7-9-16)14-4-2-13(3-5-14)12-17-10-1-11-17/h2-9,18H,1,10-12H2. The van der Waals surface area contributed by atoms with Crippen LogP contribution in [0, 0.1) is 0 Å². The van der Waals surface area contributed by atoms with Crippen LogP contribution in [0.25, 0.3) is 11.1 Å². The first kappa shape index (κ1) is 11.3. The summed E-state index contributed by atoms with van der Waals surface area (Å²) in [6.07, 6.45) is 1.34. The lowest BCUT2D eigenvalue weighted by atomic mass is 10.0. The Morgan fingerprint density at radius 2 is 1.39 bits per heavy atom. The van der Waals surface area contributed by atoms with Crippen molar-refractivity contribution < 1.29 is 5.11 Å². The van der Waals surface area contributed by atoms with E-state index in [0.717, 1.165) is 12.1 Å². The molecule has 1 aliphatic heterocycles. The lowest BCUT2D eigenvalue weighted by Gasteiger charge is -2.30. The fourth-order valence-electron chi connectivity index (χ4n) is 2.25. The van der Waals surface area contributed by atoms with E-state index in [1.807, 2.05) is 12.1 Å². The lowest BCUT2D eigenvalue weighted by Crippen LogP contribution is -2.36. The highest BCUT2D eigenvalue weighted by Crippen LogP contribution is 2.23. The minimum atomic E-state index is 0.313. The maximum absolute atomic E-state index is 9.27. The molecule has 0 aromatic heterocycles. The molecule has 0 aliphatic carbocycles. The van der Waals surface area contributed by atoms with Gasteiger partial charge in [-0.2, -0.15) is 0 Å². The molecule has 0 unspecified atom stereocenters. The largest absolute Gasteiger partial charge is 0.508 e. The van der Waals surface area contributed by atoms with Gasteiger partial charge in [-0.15, -0.1) is 0 Å². The van der Waals surface area contributed by atoms with Crippen molar-refractivity contribution >= 4 is 0 Å². The average molecular weight is 239 g/mol. The van der Waals surface area contributed by atoms with Crippen LogP contribution in [-0.2, 0) is 6.54 Å². The van der Waals surface area contributed by atoms with E-state index in [1.54, 1.807) is 12.1 Å². The zero-order chi connectivity index (χ0) is 12.4. The van der Waals surface area contributed by atoms with Gasteiger partial charge in [0.15, 0.2) is 0 Å². The van der Waals surface area contributed by atoms with Crippen molar-refractivity contribution in [2.24, 2.45) is 0 Å². The molecule has 18 heavy (non-hydrogen) atoms. The molecule has 1 heterocycles. The maximum Gasteiger partial charge on any atom is 0.115 e. The van der Waals surface area contributed by atoms with Crippen LogP contribution in [0.15, 0.2) is 48.5 Å². The maximum atomic E-state index is 9.27. The molecule has 2 nitrogen and oxygen atoms in total. The fraction of sp³-hybridized carbons (Fsp3) is 0.250. The summed E-state index contributed by atoms with van der Waals surface area (Å²) in [7, 11) is 0. The molecule has 1 N–H and O–H groups in total. The Hall–Kier alpha value is -1.80. The Balaban J connectivity index is 1.75. The second-order valence-electron chi connectivity index (χ2n) is 4.87. The van der Waals surface area contributed by atoms with Crippen LogP contribution < -0.4 is 0 Å². The van der Waals surface area contributed by atoms with Crippen LogP contribution in [-0.4, -0.2) is 23.1 Å². The highest BCUT2D eigenvalue weighted by atomic mass is 16.3. The summed E-state index contributed by atoms with van der Waals surface area (Å²) in [5.74, 6) is 0.313. The Kier molecular flexibility index (Phi) is 3.03. The van der Waals surface area contributed by atoms with Crippen LogP contribution in [0.4, 0.5) is 0 Å². The predicted molar refractivity (Wildman–Crippen MR) is 73.4 cm³/mol. The first-order valence-corrected chi connectivity index (χ1v) is 6.42.